The fraction of sp³-hybridized carbons (Fsp3) is 0.333. The Morgan fingerprint density at radius 3 is 2.53 bits per heavy atom. The van der Waals surface area contributed by atoms with E-state index < -0.39 is 5.97 Å². The summed E-state index contributed by atoms with van der Waals surface area (Å²) in [4.78, 5) is 23.2. The Morgan fingerprint density at radius 1 is 1.35 bits per heavy atom. The summed E-state index contributed by atoms with van der Waals surface area (Å²) in [5.74, 6) is -1.02. The van der Waals surface area contributed by atoms with Gasteiger partial charge in [-0.15, -0.1) is 0 Å². The zero-order chi connectivity index (χ0) is 12.7. The molecule has 0 unspecified atom stereocenters. The first-order valence-corrected chi connectivity index (χ1v) is 5.38. The first-order valence-electron chi connectivity index (χ1n) is 5.38. The summed E-state index contributed by atoms with van der Waals surface area (Å²) in [6.07, 6.45) is 0. The third kappa shape index (κ3) is 1.54. The fourth-order valence-corrected chi connectivity index (χ4v) is 2.11. The number of benzene rings is 1. The van der Waals surface area contributed by atoms with Crippen molar-refractivity contribution < 1.29 is 9.90 Å². The lowest BCUT2D eigenvalue weighted by Gasteiger charge is -2.06. The molecule has 0 aliphatic rings. The summed E-state index contributed by atoms with van der Waals surface area (Å²) in [5, 5.41) is 9.12. The van der Waals surface area contributed by atoms with Crippen LogP contribution in [0, 0.1) is 0 Å². The van der Waals surface area contributed by atoms with Crippen LogP contribution in [0.1, 0.15) is 30.2 Å². The van der Waals surface area contributed by atoms with Gasteiger partial charge in [0.25, 0.3) is 0 Å². The number of imidazole rings is 1. The monoisotopic (exact) mass is 234 g/mol. The Balaban J connectivity index is 3.00. The van der Waals surface area contributed by atoms with Crippen LogP contribution in [-0.4, -0.2) is 20.2 Å². The largest absolute Gasteiger partial charge is 0.478 e. The highest BCUT2D eigenvalue weighted by molar-refractivity contribution is 6.01. The molecular weight excluding hydrogens is 220 g/mol. The molecule has 0 aliphatic carbocycles. The highest BCUT2D eigenvalue weighted by Crippen LogP contribution is 2.20. The van der Waals surface area contributed by atoms with Crippen molar-refractivity contribution in [3.63, 3.8) is 0 Å². The Labute approximate surface area is 97.9 Å². The molecule has 1 heterocycles. The molecular formula is C12H14N2O3. The normalized spacial score (nSPS) is 11.3. The predicted molar refractivity (Wildman–Crippen MR) is 64.5 cm³/mol. The first kappa shape index (κ1) is 11.4. The number of carboxylic acids is 1. The van der Waals surface area contributed by atoms with Gasteiger partial charge in [-0.3, -0.25) is 9.13 Å². The molecule has 5 nitrogen and oxygen atoms in total. The van der Waals surface area contributed by atoms with Crippen molar-refractivity contribution in [2.45, 2.75) is 19.9 Å². The third-order valence-electron chi connectivity index (χ3n) is 2.85. The maximum atomic E-state index is 12.0. The summed E-state index contributed by atoms with van der Waals surface area (Å²) in [7, 11) is 1.59. The number of nitrogens with zero attached hydrogens (tertiary/aromatic N) is 2. The Hall–Kier alpha value is -2.04. The van der Waals surface area contributed by atoms with Gasteiger partial charge in [0.05, 0.1) is 16.6 Å². The molecule has 5 heteroatoms. The van der Waals surface area contributed by atoms with Gasteiger partial charge in [-0.05, 0) is 26.0 Å². The number of rotatable bonds is 2. The molecule has 0 aliphatic heterocycles. The number of aryl methyl sites for hydroxylation is 1. The summed E-state index contributed by atoms with van der Waals surface area (Å²) < 4.78 is 2.99. The van der Waals surface area contributed by atoms with E-state index in [1.54, 1.807) is 23.7 Å². The second-order valence-electron chi connectivity index (χ2n) is 4.28. The average molecular weight is 234 g/mol. The molecule has 1 aromatic heterocycles. The van der Waals surface area contributed by atoms with Gasteiger partial charge in [0, 0.05) is 13.1 Å². The predicted octanol–water partition coefficient (Wildman–Crippen LogP) is 1.62. The zero-order valence-corrected chi connectivity index (χ0v) is 9.97. The van der Waals surface area contributed by atoms with E-state index in [2.05, 4.69) is 0 Å². The minimum atomic E-state index is -1.02. The number of hydrogen-bond acceptors (Lipinski definition) is 2. The summed E-state index contributed by atoms with van der Waals surface area (Å²) in [6.45, 7) is 3.79. The van der Waals surface area contributed by atoms with Crippen LogP contribution in [0.3, 0.4) is 0 Å². The standard InChI is InChI=1S/C12H14N2O3/c1-7(2)14-9-6-4-5-8(11(15)16)10(9)13(3)12(14)17/h4-7H,1-3H3,(H,15,16). The minimum Gasteiger partial charge on any atom is -0.478 e. The number of aromatic carboxylic acids is 1. The van der Waals surface area contributed by atoms with Crippen molar-refractivity contribution in [2.24, 2.45) is 7.05 Å². The number of carboxylic acid groups (broad SMARTS) is 1. The van der Waals surface area contributed by atoms with E-state index in [1.807, 2.05) is 13.8 Å². The fourth-order valence-electron chi connectivity index (χ4n) is 2.11. The van der Waals surface area contributed by atoms with E-state index >= 15 is 0 Å². The Morgan fingerprint density at radius 2 is 2.00 bits per heavy atom. The van der Waals surface area contributed by atoms with Crippen molar-refractivity contribution >= 4 is 17.0 Å². The molecule has 1 aromatic carbocycles. The molecule has 0 atom stereocenters. The third-order valence-corrected chi connectivity index (χ3v) is 2.85. The van der Waals surface area contributed by atoms with Crippen LogP contribution >= 0.6 is 0 Å². The van der Waals surface area contributed by atoms with E-state index in [9.17, 15) is 9.59 Å². The van der Waals surface area contributed by atoms with Crippen molar-refractivity contribution in [3.8, 4) is 0 Å². The van der Waals surface area contributed by atoms with Gasteiger partial charge in [-0.2, -0.15) is 0 Å². The van der Waals surface area contributed by atoms with Gasteiger partial charge < -0.3 is 5.11 Å². The smallest absolute Gasteiger partial charge is 0.337 e. The molecule has 0 saturated heterocycles. The number of carbonyl (C=O) groups is 1. The molecule has 2 rings (SSSR count). The average Bonchev–Trinajstić information content (AvgIpc) is 2.51. The van der Waals surface area contributed by atoms with Crippen LogP contribution in [0.25, 0.3) is 11.0 Å². The summed E-state index contributed by atoms with van der Waals surface area (Å²) in [6, 6.07) is 4.93. The maximum Gasteiger partial charge on any atom is 0.337 e. The lowest BCUT2D eigenvalue weighted by Crippen LogP contribution is -2.23. The quantitative estimate of drug-likeness (QED) is 0.858. The topological polar surface area (TPSA) is 64.2 Å². The number of hydrogen-bond donors (Lipinski definition) is 1. The number of fused-ring (bicyclic) bond motifs is 1. The summed E-state index contributed by atoms with van der Waals surface area (Å²) in [5.41, 5.74) is 1.09. The lowest BCUT2D eigenvalue weighted by atomic mass is 10.2. The molecule has 0 fully saturated rings. The van der Waals surface area contributed by atoms with E-state index in [0.717, 1.165) is 0 Å². The van der Waals surface area contributed by atoms with E-state index in [-0.39, 0.29) is 17.3 Å². The van der Waals surface area contributed by atoms with Crippen LogP contribution in [0.15, 0.2) is 23.0 Å². The highest BCUT2D eigenvalue weighted by atomic mass is 16.4. The van der Waals surface area contributed by atoms with Crippen LogP contribution in [-0.2, 0) is 7.05 Å². The molecule has 0 radical (unpaired) electrons. The van der Waals surface area contributed by atoms with Crippen molar-refractivity contribution in [3.05, 3.63) is 34.2 Å². The molecule has 0 spiro atoms. The number of para-hydroxylation sites is 1. The molecule has 0 amide bonds. The zero-order valence-electron chi connectivity index (χ0n) is 9.97. The SMILES string of the molecule is CC(C)n1c(=O)n(C)c2c(C(=O)O)cccc21. The lowest BCUT2D eigenvalue weighted by molar-refractivity contribution is 0.0698. The van der Waals surface area contributed by atoms with Crippen LogP contribution in [0.4, 0.5) is 0 Å². The first-order chi connectivity index (χ1) is 7.95. The highest BCUT2D eigenvalue weighted by Gasteiger charge is 2.18. The van der Waals surface area contributed by atoms with Gasteiger partial charge in [0.1, 0.15) is 0 Å². The van der Waals surface area contributed by atoms with E-state index in [0.29, 0.717) is 11.0 Å². The van der Waals surface area contributed by atoms with Crippen LogP contribution in [0.5, 0.6) is 0 Å². The maximum absolute atomic E-state index is 12.0. The van der Waals surface area contributed by atoms with Gasteiger partial charge in [-0.1, -0.05) is 6.07 Å². The molecule has 2 aromatic rings. The van der Waals surface area contributed by atoms with Crippen LogP contribution in [0.2, 0.25) is 0 Å². The summed E-state index contributed by atoms with van der Waals surface area (Å²) >= 11 is 0. The van der Waals surface area contributed by atoms with Gasteiger partial charge in [0.2, 0.25) is 0 Å². The van der Waals surface area contributed by atoms with Crippen molar-refractivity contribution in [1.29, 1.82) is 0 Å². The van der Waals surface area contributed by atoms with Crippen molar-refractivity contribution in [1.82, 2.24) is 9.13 Å². The van der Waals surface area contributed by atoms with E-state index in [4.69, 9.17) is 5.11 Å². The molecule has 1 N–H and O–H groups in total. The second kappa shape index (κ2) is 3.76. The number of aromatic nitrogens is 2. The molecule has 17 heavy (non-hydrogen) atoms. The van der Waals surface area contributed by atoms with Crippen molar-refractivity contribution in [2.75, 3.05) is 0 Å². The molecule has 0 bridgehead atoms. The molecule has 90 valence electrons. The van der Waals surface area contributed by atoms with E-state index in [1.165, 1.54) is 10.6 Å². The minimum absolute atomic E-state index is 0.00440. The Kier molecular flexibility index (Phi) is 2.53. The van der Waals surface area contributed by atoms with Gasteiger partial charge in [0.15, 0.2) is 0 Å². The molecule has 0 saturated carbocycles. The van der Waals surface area contributed by atoms with Gasteiger partial charge >= 0.3 is 11.7 Å². The van der Waals surface area contributed by atoms with Gasteiger partial charge in [-0.25, -0.2) is 9.59 Å². The second-order valence-corrected chi connectivity index (χ2v) is 4.28. The van der Waals surface area contributed by atoms with Crippen LogP contribution < -0.4 is 5.69 Å². The Bertz CT molecular complexity index is 650.